The Morgan fingerprint density at radius 1 is 1.06 bits per heavy atom. The van der Waals surface area contributed by atoms with Crippen molar-refractivity contribution in [3.05, 3.63) is 99.8 Å². The van der Waals surface area contributed by atoms with Gasteiger partial charge in [-0.1, -0.05) is 47.5 Å². The highest BCUT2D eigenvalue weighted by Gasteiger charge is 2.33. The van der Waals surface area contributed by atoms with Gasteiger partial charge in [0.1, 0.15) is 16.6 Å². The number of carbonyl (C=O) groups is 1. The van der Waals surface area contributed by atoms with Crippen molar-refractivity contribution in [2.45, 2.75) is 58.8 Å². The summed E-state index contributed by atoms with van der Waals surface area (Å²) < 4.78 is 11.8. The summed E-state index contributed by atoms with van der Waals surface area (Å²) in [4.78, 5) is 28.8. The molecule has 0 radical (unpaired) electrons. The quantitative estimate of drug-likeness (QED) is 0.177. The van der Waals surface area contributed by atoms with E-state index in [-0.39, 0.29) is 18.7 Å². The summed E-state index contributed by atoms with van der Waals surface area (Å²) in [5.41, 5.74) is 6.92. The summed E-state index contributed by atoms with van der Waals surface area (Å²) in [6, 6.07) is 19.0. The van der Waals surface area contributed by atoms with Crippen LogP contribution in [0.3, 0.4) is 0 Å². The van der Waals surface area contributed by atoms with Gasteiger partial charge in [-0.15, -0.1) is 0 Å². The first-order chi connectivity index (χ1) is 23.5. The zero-order chi connectivity index (χ0) is 34.4. The maximum Gasteiger partial charge on any atom is 0.410 e. The first kappa shape index (κ1) is 32.8. The molecular weight excluding hydrogens is 661 g/mol. The number of ether oxygens (including phenoxy) is 1. The number of amides is 1. The van der Waals surface area contributed by atoms with Crippen LogP contribution in [0.25, 0.3) is 44.6 Å². The normalized spacial score (nSPS) is 14.9. The molecule has 0 saturated carbocycles. The monoisotopic (exact) mass is 695 g/mol. The van der Waals surface area contributed by atoms with Crippen molar-refractivity contribution in [2.75, 3.05) is 11.9 Å². The van der Waals surface area contributed by atoms with E-state index in [4.69, 9.17) is 37.3 Å². The number of likely N-dealkylation sites (tertiary alicyclic amines) is 1. The number of oxazole rings is 1. The number of hydrogen-bond acceptors (Lipinski definition) is 8. The Hall–Kier alpha value is -4.70. The molecule has 2 N–H and O–H groups in total. The van der Waals surface area contributed by atoms with Crippen LogP contribution >= 0.6 is 23.2 Å². The van der Waals surface area contributed by atoms with Crippen LogP contribution in [0.2, 0.25) is 10.0 Å². The maximum absolute atomic E-state index is 12.9. The van der Waals surface area contributed by atoms with E-state index in [1.165, 1.54) is 0 Å². The molecule has 7 rings (SSSR count). The number of fused-ring (bicyclic) bond motifs is 2. The van der Waals surface area contributed by atoms with E-state index in [2.05, 4.69) is 21.4 Å². The Labute approximate surface area is 293 Å². The zero-order valence-electron chi connectivity index (χ0n) is 27.6. The molecule has 0 spiro atoms. The first-order valence-corrected chi connectivity index (χ1v) is 16.9. The second kappa shape index (κ2) is 13.0. The average Bonchev–Trinajstić information content (AvgIpc) is 3.74. The molecule has 1 fully saturated rings. The lowest BCUT2D eigenvalue weighted by atomic mass is 9.96. The lowest BCUT2D eigenvalue weighted by Gasteiger charge is -2.28. The number of carbonyl (C=O) groups excluding carboxylic acids is 1. The lowest BCUT2D eigenvalue weighted by Crippen LogP contribution is -2.36. The Bertz CT molecular complexity index is 2230. The van der Waals surface area contributed by atoms with E-state index in [9.17, 15) is 9.90 Å². The van der Waals surface area contributed by atoms with Crippen LogP contribution in [-0.4, -0.2) is 43.2 Å². The van der Waals surface area contributed by atoms with Crippen molar-refractivity contribution < 1.29 is 19.1 Å². The lowest BCUT2D eigenvalue weighted by molar-refractivity contribution is 0.0224. The summed E-state index contributed by atoms with van der Waals surface area (Å²) in [5.74, 6) is 0.989. The number of hydrogen-bond donors (Lipinski definition) is 2. The van der Waals surface area contributed by atoms with Crippen molar-refractivity contribution in [3.8, 4) is 22.6 Å². The van der Waals surface area contributed by atoms with E-state index in [1.54, 1.807) is 23.2 Å². The van der Waals surface area contributed by atoms with Gasteiger partial charge in [0.25, 0.3) is 0 Å². The molecule has 250 valence electrons. The number of aliphatic hydroxyl groups excluding tert-OH is 1. The molecule has 1 atom stereocenters. The van der Waals surface area contributed by atoms with E-state index < -0.39 is 5.60 Å². The maximum atomic E-state index is 12.9. The molecule has 11 heteroatoms. The van der Waals surface area contributed by atoms with Crippen LogP contribution in [-0.2, 0) is 11.3 Å². The molecule has 3 aromatic heterocycles. The summed E-state index contributed by atoms with van der Waals surface area (Å²) in [7, 11) is 0. The second-order valence-electron chi connectivity index (χ2n) is 13.2. The molecule has 0 aliphatic carbocycles. The predicted molar refractivity (Wildman–Crippen MR) is 193 cm³/mol. The predicted octanol–water partition coefficient (Wildman–Crippen LogP) is 10.0. The topological polar surface area (TPSA) is 114 Å². The van der Waals surface area contributed by atoms with Crippen molar-refractivity contribution in [1.82, 2.24) is 19.9 Å². The highest BCUT2D eigenvalue weighted by Crippen LogP contribution is 2.41. The number of anilines is 2. The van der Waals surface area contributed by atoms with Gasteiger partial charge in [-0.3, -0.25) is 4.98 Å². The smallest absolute Gasteiger partial charge is 0.410 e. The molecular formula is C38H35Cl2N5O4. The molecule has 6 aromatic rings. The Kier molecular flexibility index (Phi) is 8.69. The van der Waals surface area contributed by atoms with E-state index in [1.807, 2.05) is 76.4 Å². The highest BCUT2D eigenvalue weighted by molar-refractivity contribution is 6.36. The van der Waals surface area contributed by atoms with Gasteiger partial charge in [0.2, 0.25) is 5.89 Å². The molecule has 49 heavy (non-hydrogen) atoms. The number of pyridine rings is 2. The number of aliphatic hydroxyl groups is 1. The Morgan fingerprint density at radius 2 is 1.84 bits per heavy atom. The van der Waals surface area contributed by atoms with Gasteiger partial charge in [0.15, 0.2) is 11.4 Å². The third-order valence-electron chi connectivity index (χ3n) is 8.68. The summed E-state index contributed by atoms with van der Waals surface area (Å²) >= 11 is 13.5. The SMILES string of the molecule is Cc1c(-c2nc3cc(CO)cc(Cl)c3o2)cccc1-c1cccc(Nc2nccc3cc(C4CCCN4C(=O)OC(C)(C)C)cnc23)c1Cl. The number of nitrogens with zero attached hydrogens (tertiary/aromatic N) is 4. The first-order valence-electron chi connectivity index (χ1n) is 16.1. The Morgan fingerprint density at radius 3 is 2.63 bits per heavy atom. The minimum atomic E-state index is -0.565. The number of nitrogens with one attached hydrogen (secondary N) is 1. The Balaban J connectivity index is 1.19. The minimum absolute atomic E-state index is 0.105. The fourth-order valence-electron chi connectivity index (χ4n) is 6.38. The standard InChI is InChI=1S/C38H35Cl2N5O4/c1-21-25(8-5-9-26(21)36-44-30-17-22(20-46)16-28(39)34(30)48-36)27-10-6-11-29(32(27)40)43-35-33-23(13-14-41-35)18-24(19-42-33)31-12-7-15-45(31)37(47)49-38(2,3)4/h5-6,8-11,13-14,16-19,31,46H,7,12,15,20H2,1-4H3,(H,41,43). The van der Waals surface area contributed by atoms with Crippen molar-refractivity contribution in [3.63, 3.8) is 0 Å². The van der Waals surface area contributed by atoms with Gasteiger partial charge < -0.3 is 24.5 Å². The second-order valence-corrected chi connectivity index (χ2v) is 14.0. The third kappa shape index (κ3) is 6.41. The fourth-order valence-corrected chi connectivity index (χ4v) is 6.93. The largest absolute Gasteiger partial charge is 0.444 e. The molecule has 1 saturated heterocycles. The fraction of sp³-hybridized carbons (Fsp3) is 0.263. The van der Waals surface area contributed by atoms with Gasteiger partial charge in [-0.2, -0.15) is 0 Å². The van der Waals surface area contributed by atoms with E-state index >= 15 is 0 Å². The minimum Gasteiger partial charge on any atom is -0.444 e. The highest BCUT2D eigenvalue weighted by atomic mass is 35.5. The van der Waals surface area contributed by atoms with Crippen LogP contribution in [0.5, 0.6) is 0 Å². The van der Waals surface area contributed by atoms with Crippen molar-refractivity contribution in [1.29, 1.82) is 0 Å². The summed E-state index contributed by atoms with van der Waals surface area (Å²) in [6.45, 7) is 8.13. The number of halogens is 2. The van der Waals surface area contributed by atoms with E-state index in [0.29, 0.717) is 56.2 Å². The summed E-state index contributed by atoms with van der Waals surface area (Å²) in [6.07, 6.45) is 4.99. The number of benzene rings is 3. The molecule has 9 nitrogen and oxygen atoms in total. The van der Waals surface area contributed by atoms with Gasteiger partial charge in [0.05, 0.1) is 28.4 Å². The molecule has 0 bridgehead atoms. The molecule has 1 aliphatic rings. The molecule has 1 unspecified atom stereocenters. The van der Waals surface area contributed by atoms with Crippen LogP contribution < -0.4 is 5.32 Å². The van der Waals surface area contributed by atoms with Gasteiger partial charge >= 0.3 is 6.09 Å². The number of rotatable bonds is 6. The van der Waals surface area contributed by atoms with Crippen LogP contribution in [0.4, 0.5) is 16.3 Å². The molecule has 3 aromatic carbocycles. The van der Waals surface area contributed by atoms with Crippen molar-refractivity contribution in [2.24, 2.45) is 0 Å². The van der Waals surface area contributed by atoms with Gasteiger partial charge in [0, 0.05) is 35.5 Å². The summed E-state index contributed by atoms with van der Waals surface area (Å²) in [5, 5.41) is 14.8. The van der Waals surface area contributed by atoms with Gasteiger partial charge in [-0.05, 0) is 99.2 Å². The molecule has 1 amide bonds. The van der Waals surface area contributed by atoms with Crippen LogP contribution in [0.15, 0.2) is 77.5 Å². The van der Waals surface area contributed by atoms with E-state index in [0.717, 1.165) is 46.0 Å². The van der Waals surface area contributed by atoms with Crippen LogP contribution in [0, 0.1) is 6.92 Å². The molecule has 1 aliphatic heterocycles. The zero-order valence-corrected chi connectivity index (χ0v) is 29.1. The number of aromatic nitrogens is 3. The van der Waals surface area contributed by atoms with Crippen LogP contribution in [0.1, 0.15) is 56.3 Å². The molecule has 4 heterocycles. The average molecular weight is 697 g/mol. The van der Waals surface area contributed by atoms with Gasteiger partial charge in [-0.25, -0.2) is 14.8 Å². The van der Waals surface area contributed by atoms with Crippen molar-refractivity contribution >= 4 is 62.8 Å². The third-order valence-corrected chi connectivity index (χ3v) is 9.37.